The lowest BCUT2D eigenvalue weighted by molar-refractivity contribution is 0.469. The summed E-state index contributed by atoms with van der Waals surface area (Å²) in [4.78, 5) is 20.8. The summed E-state index contributed by atoms with van der Waals surface area (Å²) >= 11 is 0. The number of nitrogens with zero attached hydrogens (tertiary/aromatic N) is 5. The first-order valence-corrected chi connectivity index (χ1v) is 9.74. The van der Waals surface area contributed by atoms with E-state index in [0.717, 1.165) is 28.2 Å². The highest BCUT2D eigenvalue weighted by molar-refractivity contribution is 5.97. The van der Waals surface area contributed by atoms with Crippen molar-refractivity contribution in [1.29, 1.82) is 0 Å². The second kappa shape index (κ2) is 6.95. The molecule has 6 aromatic rings. The van der Waals surface area contributed by atoms with E-state index in [1.807, 2.05) is 18.2 Å². The van der Waals surface area contributed by atoms with E-state index in [1.165, 1.54) is 12.1 Å². The third-order valence-corrected chi connectivity index (χ3v) is 5.24. The molecule has 32 heavy (non-hydrogen) atoms. The molecule has 0 amide bonds. The van der Waals surface area contributed by atoms with E-state index < -0.39 is 5.82 Å². The van der Waals surface area contributed by atoms with Gasteiger partial charge in [0, 0.05) is 41.2 Å². The lowest BCUT2D eigenvalue weighted by atomic mass is 10.1. The summed E-state index contributed by atoms with van der Waals surface area (Å²) in [6, 6.07) is 9.59. The first-order valence-electron chi connectivity index (χ1n) is 9.74. The molecule has 3 N–H and O–H groups in total. The summed E-state index contributed by atoms with van der Waals surface area (Å²) in [6.45, 7) is 0. The number of rotatable bonds is 3. The van der Waals surface area contributed by atoms with Crippen molar-refractivity contribution in [2.24, 2.45) is 0 Å². The molecular weight excluding hydrogens is 409 g/mol. The summed E-state index contributed by atoms with van der Waals surface area (Å²) in [5.74, 6) is -0.169. The molecule has 1 aromatic carbocycles. The predicted molar refractivity (Wildman–Crippen MR) is 117 cm³/mol. The van der Waals surface area contributed by atoms with E-state index in [0.29, 0.717) is 33.7 Å². The standard InChI is InChI=1S/C23H14FN7O/c24-14-5-13(6-15(32)7-14)17-9-26-10-20-21(17)29-23(28-20)22-16-8-18(12-1-3-25-4-2-12)27-11-19(16)30-31-22/h1-11,32H,(H,28,29)(H,30,31). The third-order valence-electron chi connectivity index (χ3n) is 5.24. The quantitative estimate of drug-likeness (QED) is 0.387. The molecule has 0 aliphatic heterocycles. The molecule has 0 aliphatic rings. The molecule has 0 bridgehead atoms. The second-order valence-corrected chi connectivity index (χ2v) is 7.29. The first kappa shape index (κ1) is 18.1. The van der Waals surface area contributed by atoms with Crippen LogP contribution >= 0.6 is 0 Å². The van der Waals surface area contributed by atoms with Crippen molar-refractivity contribution >= 4 is 21.9 Å². The van der Waals surface area contributed by atoms with Gasteiger partial charge >= 0.3 is 0 Å². The summed E-state index contributed by atoms with van der Waals surface area (Å²) in [6.07, 6.45) is 8.40. The van der Waals surface area contributed by atoms with Gasteiger partial charge in [0.05, 0.1) is 34.6 Å². The van der Waals surface area contributed by atoms with E-state index in [2.05, 4.69) is 30.1 Å². The Kier molecular flexibility index (Phi) is 3.94. The van der Waals surface area contributed by atoms with Gasteiger partial charge < -0.3 is 10.1 Å². The number of aromatic nitrogens is 7. The van der Waals surface area contributed by atoms with Crippen LogP contribution in [0, 0.1) is 5.82 Å². The molecule has 6 rings (SSSR count). The number of nitrogens with one attached hydrogen (secondary N) is 2. The SMILES string of the molecule is Oc1cc(F)cc(-c2cncc3[nH]c(-c4n[nH]c5cnc(-c6ccncc6)cc45)nc23)c1. The predicted octanol–water partition coefficient (Wildman–Crippen LogP) is 4.47. The third kappa shape index (κ3) is 2.95. The second-order valence-electron chi connectivity index (χ2n) is 7.29. The Morgan fingerprint density at radius 3 is 2.59 bits per heavy atom. The molecule has 0 atom stereocenters. The summed E-state index contributed by atoms with van der Waals surface area (Å²) in [7, 11) is 0. The van der Waals surface area contributed by atoms with Gasteiger partial charge in [-0.05, 0) is 35.9 Å². The van der Waals surface area contributed by atoms with Crippen LogP contribution in [0.2, 0.25) is 0 Å². The Hall–Kier alpha value is -4.66. The van der Waals surface area contributed by atoms with Gasteiger partial charge in [0.25, 0.3) is 0 Å². The fraction of sp³-hybridized carbons (Fsp3) is 0. The number of aromatic amines is 2. The number of pyridine rings is 3. The van der Waals surface area contributed by atoms with Crippen LogP contribution < -0.4 is 0 Å². The zero-order valence-corrected chi connectivity index (χ0v) is 16.4. The van der Waals surface area contributed by atoms with Crippen molar-refractivity contribution in [2.75, 3.05) is 0 Å². The minimum atomic E-state index is -0.540. The molecule has 154 valence electrons. The van der Waals surface area contributed by atoms with Crippen molar-refractivity contribution in [3.05, 3.63) is 73.2 Å². The normalized spacial score (nSPS) is 11.4. The topological polar surface area (TPSA) is 116 Å². The monoisotopic (exact) mass is 423 g/mol. The van der Waals surface area contributed by atoms with E-state index >= 15 is 0 Å². The van der Waals surface area contributed by atoms with Crippen LogP contribution in [0.1, 0.15) is 0 Å². The number of imidazole rings is 1. The van der Waals surface area contributed by atoms with Gasteiger partial charge in [-0.2, -0.15) is 5.10 Å². The summed E-state index contributed by atoms with van der Waals surface area (Å²) in [5.41, 5.74) is 5.47. The molecule has 0 fully saturated rings. The molecule has 8 nitrogen and oxygen atoms in total. The number of fused-ring (bicyclic) bond motifs is 2. The van der Waals surface area contributed by atoms with Crippen molar-refractivity contribution in [2.45, 2.75) is 0 Å². The maximum Gasteiger partial charge on any atom is 0.159 e. The largest absolute Gasteiger partial charge is 0.508 e. The number of phenolic OH excluding ortho intramolecular Hbond substituents is 1. The Morgan fingerprint density at radius 2 is 1.75 bits per heavy atom. The summed E-state index contributed by atoms with van der Waals surface area (Å²) in [5, 5.41) is 18.1. The minimum absolute atomic E-state index is 0.165. The highest BCUT2D eigenvalue weighted by atomic mass is 19.1. The molecule has 0 saturated heterocycles. The van der Waals surface area contributed by atoms with Crippen molar-refractivity contribution in [1.82, 2.24) is 35.1 Å². The van der Waals surface area contributed by atoms with Crippen LogP contribution in [0.5, 0.6) is 5.75 Å². The van der Waals surface area contributed by atoms with Crippen LogP contribution in [-0.4, -0.2) is 40.2 Å². The van der Waals surface area contributed by atoms with E-state index in [1.54, 1.807) is 31.0 Å². The van der Waals surface area contributed by atoms with Gasteiger partial charge in [0.15, 0.2) is 5.82 Å². The van der Waals surface area contributed by atoms with Gasteiger partial charge in [-0.25, -0.2) is 9.37 Å². The smallest absolute Gasteiger partial charge is 0.159 e. The molecule has 5 aromatic heterocycles. The average molecular weight is 423 g/mol. The van der Waals surface area contributed by atoms with Crippen LogP contribution in [0.25, 0.3) is 55.8 Å². The highest BCUT2D eigenvalue weighted by Crippen LogP contribution is 2.33. The summed E-state index contributed by atoms with van der Waals surface area (Å²) < 4.78 is 13.9. The van der Waals surface area contributed by atoms with Gasteiger partial charge in [-0.3, -0.25) is 20.1 Å². The molecule has 5 heterocycles. The lowest BCUT2D eigenvalue weighted by Gasteiger charge is -2.03. The van der Waals surface area contributed by atoms with Crippen LogP contribution in [0.3, 0.4) is 0 Å². The number of phenols is 1. The van der Waals surface area contributed by atoms with Crippen LogP contribution in [0.15, 0.2) is 67.4 Å². The number of hydrogen-bond donors (Lipinski definition) is 3. The number of H-pyrrole nitrogens is 2. The van der Waals surface area contributed by atoms with E-state index in [-0.39, 0.29) is 5.75 Å². The van der Waals surface area contributed by atoms with Gasteiger partial charge in [-0.15, -0.1) is 0 Å². The van der Waals surface area contributed by atoms with Crippen molar-refractivity contribution in [3.8, 4) is 39.7 Å². The Morgan fingerprint density at radius 1 is 0.875 bits per heavy atom. The average Bonchev–Trinajstić information content (AvgIpc) is 3.42. The molecular formula is C23H14FN7O. The van der Waals surface area contributed by atoms with Gasteiger partial charge in [0.1, 0.15) is 17.3 Å². The molecule has 0 unspecified atom stereocenters. The number of benzene rings is 1. The minimum Gasteiger partial charge on any atom is -0.508 e. The fourth-order valence-electron chi connectivity index (χ4n) is 3.76. The maximum atomic E-state index is 13.9. The Bertz CT molecular complexity index is 1590. The molecule has 0 aliphatic carbocycles. The maximum absolute atomic E-state index is 13.9. The number of aromatic hydroxyl groups is 1. The fourth-order valence-corrected chi connectivity index (χ4v) is 3.76. The van der Waals surface area contributed by atoms with Crippen molar-refractivity contribution < 1.29 is 9.50 Å². The molecule has 0 spiro atoms. The van der Waals surface area contributed by atoms with E-state index in [4.69, 9.17) is 4.98 Å². The first-order chi connectivity index (χ1) is 15.7. The number of halogens is 1. The molecule has 0 saturated carbocycles. The number of hydrogen-bond acceptors (Lipinski definition) is 6. The zero-order valence-electron chi connectivity index (χ0n) is 16.4. The molecule has 9 heteroatoms. The van der Waals surface area contributed by atoms with Crippen LogP contribution in [-0.2, 0) is 0 Å². The van der Waals surface area contributed by atoms with E-state index in [9.17, 15) is 9.50 Å². The van der Waals surface area contributed by atoms with Gasteiger partial charge in [0.2, 0.25) is 0 Å². The van der Waals surface area contributed by atoms with Gasteiger partial charge in [-0.1, -0.05) is 0 Å². The lowest BCUT2D eigenvalue weighted by Crippen LogP contribution is -1.86. The molecule has 0 radical (unpaired) electrons. The zero-order chi connectivity index (χ0) is 21.7. The Labute approximate surface area is 179 Å². The highest BCUT2D eigenvalue weighted by Gasteiger charge is 2.17. The van der Waals surface area contributed by atoms with Crippen LogP contribution in [0.4, 0.5) is 4.39 Å². The Balaban J connectivity index is 1.52. The van der Waals surface area contributed by atoms with Crippen molar-refractivity contribution in [3.63, 3.8) is 0 Å².